The molecule has 0 unspecified atom stereocenters. The van der Waals surface area contributed by atoms with Gasteiger partial charge >= 0.3 is 0 Å². The molecule has 0 spiro atoms. The maximum Gasteiger partial charge on any atom is 0.289 e. The van der Waals surface area contributed by atoms with E-state index in [4.69, 9.17) is 19.0 Å². The highest BCUT2D eigenvalue weighted by atomic mass is 16.5. The van der Waals surface area contributed by atoms with E-state index in [1.165, 1.54) is 6.39 Å². The first kappa shape index (κ1) is 16.5. The van der Waals surface area contributed by atoms with Crippen molar-refractivity contribution in [2.75, 3.05) is 13.2 Å². The SMILES string of the molecule is Cc1ncoc1C(=O)N[C@@H]1COCC[C@H]1Oc1ccc(CO)cc1. The number of carbonyl (C=O) groups excluding carboxylic acids is 1. The molecule has 1 saturated heterocycles. The van der Waals surface area contributed by atoms with Crippen LogP contribution in [0.5, 0.6) is 5.75 Å². The average Bonchev–Trinajstić information content (AvgIpc) is 3.03. The Morgan fingerprint density at radius 1 is 1.42 bits per heavy atom. The Kier molecular flexibility index (Phi) is 5.12. The summed E-state index contributed by atoms with van der Waals surface area (Å²) in [6.45, 7) is 2.66. The quantitative estimate of drug-likeness (QED) is 0.860. The number of aliphatic hydroxyl groups excluding tert-OH is 1. The summed E-state index contributed by atoms with van der Waals surface area (Å²) in [6, 6.07) is 6.94. The van der Waals surface area contributed by atoms with Gasteiger partial charge in [-0.05, 0) is 24.6 Å². The number of aromatic nitrogens is 1. The van der Waals surface area contributed by atoms with E-state index in [0.717, 1.165) is 5.56 Å². The number of ether oxygens (including phenoxy) is 2. The zero-order chi connectivity index (χ0) is 16.9. The summed E-state index contributed by atoms with van der Waals surface area (Å²) < 4.78 is 16.6. The second-order valence-corrected chi connectivity index (χ2v) is 5.67. The second kappa shape index (κ2) is 7.46. The summed E-state index contributed by atoms with van der Waals surface area (Å²) in [5.41, 5.74) is 1.36. The van der Waals surface area contributed by atoms with Gasteiger partial charge in [-0.25, -0.2) is 4.98 Å². The number of amides is 1. The van der Waals surface area contributed by atoms with Crippen molar-refractivity contribution in [3.05, 3.63) is 47.7 Å². The van der Waals surface area contributed by atoms with Gasteiger partial charge < -0.3 is 24.3 Å². The number of nitrogens with zero attached hydrogens (tertiary/aromatic N) is 1. The minimum absolute atomic E-state index is 0.00718. The summed E-state index contributed by atoms with van der Waals surface area (Å²) >= 11 is 0. The molecule has 0 aliphatic carbocycles. The fourth-order valence-corrected chi connectivity index (χ4v) is 2.60. The Hall–Kier alpha value is -2.38. The van der Waals surface area contributed by atoms with Crippen LogP contribution >= 0.6 is 0 Å². The van der Waals surface area contributed by atoms with Crippen molar-refractivity contribution in [3.8, 4) is 5.75 Å². The Morgan fingerprint density at radius 2 is 2.21 bits per heavy atom. The largest absolute Gasteiger partial charge is 0.488 e. The summed E-state index contributed by atoms with van der Waals surface area (Å²) in [4.78, 5) is 16.2. The Bertz CT molecular complexity index is 683. The van der Waals surface area contributed by atoms with Gasteiger partial charge in [0.15, 0.2) is 6.39 Å². The molecular weight excluding hydrogens is 312 g/mol. The van der Waals surface area contributed by atoms with Crippen LogP contribution in [0.4, 0.5) is 0 Å². The van der Waals surface area contributed by atoms with E-state index in [2.05, 4.69) is 10.3 Å². The number of aliphatic hydroxyl groups is 1. The van der Waals surface area contributed by atoms with Gasteiger partial charge in [-0.15, -0.1) is 0 Å². The molecule has 1 amide bonds. The topological polar surface area (TPSA) is 93.8 Å². The smallest absolute Gasteiger partial charge is 0.289 e. The standard InChI is InChI=1S/C17H20N2O5/c1-11-16(23-10-18-11)17(21)19-14-9-22-7-6-15(14)24-13-4-2-12(8-20)3-5-13/h2-5,10,14-15,20H,6-9H2,1H3,(H,19,21)/t14-,15-/m1/s1. The summed E-state index contributed by atoms with van der Waals surface area (Å²) in [6.07, 6.45) is 1.71. The predicted octanol–water partition coefficient (Wildman–Crippen LogP) is 1.44. The molecule has 2 atom stereocenters. The summed E-state index contributed by atoms with van der Waals surface area (Å²) in [5, 5.41) is 12.0. The van der Waals surface area contributed by atoms with Crippen LogP contribution in [0, 0.1) is 6.92 Å². The average molecular weight is 332 g/mol. The van der Waals surface area contributed by atoms with Crippen molar-refractivity contribution in [2.45, 2.75) is 32.1 Å². The first-order valence-electron chi connectivity index (χ1n) is 7.82. The first-order chi connectivity index (χ1) is 11.7. The number of rotatable bonds is 5. The number of carbonyl (C=O) groups is 1. The van der Waals surface area contributed by atoms with Crippen LogP contribution < -0.4 is 10.1 Å². The molecule has 0 radical (unpaired) electrons. The molecule has 1 aromatic carbocycles. The molecule has 2 heterocycles. The third-order valence-corrected chi connectivity index (χ3v) is 3.95. The molecule has 7 heteroatoms. The molecule has 7 nitrogen and oxygen atoms in total. The number of hydrogen-bond acceptors (Lipinski definition) is 6. The zero-order valence-electron chi connectivity index (χ0n) is 13.4. The van der Waals surface area contributed by atoms with Gasteiger partial charge in [-0.1, -0.05) is 12.1 Å². The fraction of sp³-hybridized carbons (Fsp3) is 0.412. The molecule has 2 aromatic rings. The minimum Gasteiger partial charge on any atom is -0.488 e. The lowest BCUT2D eigenvalue weighted by molar-refractivity contribution is -0.00323. The van der Waals surface area contributed by atoms with Gasteiger partial charge in [0, 0.05) is 6.42 Å². The molecule has 0 saturated carbocycles. The van der Waals surface area contributed by atoms with Crippen molar-refractivity contribution in [3.63, 3.8) is 0 Å². The number of benzene rings is 1. The van der Waals surface area contributed by atoms with E-state index in [0.29, 0.717) is 31.1 Å². The Balaban J connectivity index is 1.66. The maximum atomic E-state index is 12.3. The molecule has 1 fully saturated rings. The number of aryl methyl sites for hydroxylation is 1. The maximum absolute atomic E-state index is 12.3. The number of oxazole rings is 1. The van der Waals surface area contributed by atoms with Gasteiger partial charge in [0.05, 0.1) is 31.6 Å². The second-order valence-electron chi connectivity index (χ2n) is 5.67. The van der Waals surface area contributed by atoms with Gasteiger partial charge in [-0.2, -0.15) is 0 Å². The highest BCUT2D eigenvalue weighted by molar-refractivity contribution is 5.92. The Morgan fingerprint density at radius 3 is 2.88 bits per heavy atom. The monoisotopic (exact) mass is 332 g/mol. The van der Waals surface area contributed by atoms with Crippen LogP contribution in [0.3, 0.4) is 0 Å². The molecule has 3 rings (SSSR count). The molecule has 0 bridgehead atoms. The normalized spacial score (nSPS) is 20.6. The van der Waals surface area contributed by atoms with E-state index in [1.807, 2.05) is 0 Å². The van der Waals surface area contributed by atoms with E-state index < -0.39 is 0 Å². The Labute approximate surface area is 139 Å². The highest BCUT2D eigenvalue weighted by Gasteiger charge is 2.30. The van der Waals surface area contributed by atoms with Gasteiger partial charge in [0.2, 0.25) is 5.76 Å². The number of nitrogens with one attached hydrogen (secondary N) is 1. The van der Waals surface area contributed by atoms with E-state index in [1.54, 1.807) is 31.2 Å². The van der Waals surface area contributed by atoms with Crippen LogP contribution in [0.2, 0.25) is 0 Å². The molecule has 2 N–H and O–H groups in total. The lowest BCUT2D eigenvalue weighted by Gasteiger charge is -2.32. The molecule has 128 valence electrons. The molecule has 24 heavy (non-hydrogen) atoms. The van der Waals surface area contributed by atoms with E-state index >= 15 is 0 Å². The van der Waals surface area contributed by atoms with Crippen molar-refractivity contribution >= 4 is 5.91 Å². The van der Waals surface area contributed by atoms with Crippen LogP contribution in [0.15, 0.2) is 35.1 Å². The van der Waals surface area contributed by atoms with Crippen LogP contribution in [-0.4, -0.2) is 41.4 Å². The van der Waals surface area contributed by atoms with Crippen molar-refractivity contribution in [1.29, 1.82) is 0 Å². The summed E-state index contributed by atoms with van der Waals surface area (Å²) in [7, 11) is 0. The van der Waals surface area contributed by atoms with Crippen molar-refractivity contribution in [1.82, 2.24) is 10.3 Å². The first-order valence-corrected chi connectivity index (χ1v) is 7.82. The molecule has 1 aliphatic heterocycles. The van der Waals surface area contributed by atoms with Crippen molar-refractivity contribution < 1.29 is 23.8 Å². The molecular formula is C17H20N2O5. The van der Waals surface area contributed by atoms with Crippen LogP contribution in [0.25, 0.3) is 0 Å². The minimum atomic E-state index is -0.329. The predicted molar refractivity (Wildman–Crippen MR) is 84.7 cm³/mol. The third-order valence-electron chi connectivity index (χ3n) is 3.95. The lowest BCUT2D eigenvalue weighted by atomic mass is 10.1. The highest BCUT2D eigenvalue weighted by Crippen LogP contribution is 2.19. The zero-order valence-corrected chi connectivity index (χ0v) is 13.4. The van der Waals surface area contributed by atoms with Crippen LogP contribution in [-0.2, 0) is 11.3 Å². The summed E-state index contributed by atoms with van der Waals surface area (Å²) in [5.74, 6) is 0.561. The van der Waals surface area contributed by atoms with Crippen molar-refractivity contribution in [2.24, 2.45) is 0 Å². The van der Waals surface area contributed by atoms with Gasteiger partial charge in [0.1, 0.15) is 11.9 Å². The van der Waals surface area contributed by atoms with E-state index in [-0.39, 0.29) is 30.4 Å². The lowest BCUT2D eigenvalue weighted by Crippen LogP contribution is -2.51. The van der Waals surface area contributed by atoms with Gasteiger partial charge in [0.25, 0.3) is 5.91 Å². The number of hydrogen-bond donors (Lipinski definition) is 2. The van der Waals surface area contributed by atoms with Crippen LogP contribution in [0.1, 0.15) is 28.2 Å². The fourth-order valence-electron chi connectivity index (χ4n) is 2.60. The molecule has 1 aromatic heterocycles. The third kappa shape index (κ3) is 3.74. The van der Waals surface area contributed by atoms with Gasteiger partial charge in [-0.3, -0.25) is 4.79 Å². The molecule has 1 aliphatic rings. The van der Waals surface area contributed by atoms with E-state index in [9.17, 15) is 4.79 Å².